The van der Waals surface area contributed by atoms with E-state index in [-0.39, 0.29) is 12.2 Å². The summed E-state index contributed by atoms with van der Waals surface area (Å²) in [6, 6.07) is 4.27. The lowest BCUT2D eigenvalue weighted by atomic mass is 10.1. The summed E-state index contributed by atoms with van der Waals surface area (Å²) in [5.74, 6) is -0.625. The van der Waals surface area contributed by atoms with Crippen molar-refractivity contribution in [2.45, 2.75) is 39.2 Å². The highest BCUT2D eigenvalue weighted by atomic mass is 79.9. The summed E-state index contributed by atoms with van der Waals surface area (Å²) in [5, 5.41) is 2.57. The molecule has 0 fully saturated rings. The molecule has 1 amide bonds. The Hall–Kier alpha value is -1.43. The van der Waals surface area contributed by atoms with Crippen LogP contribution in [0.25, 0.3) is 0 Å². The molecule has 0 saturated carbocycles. The van der Waals surface area contributed by atoms with Crippen molar-refractivity contribution in [2.75, 3.05) is 6.54 Å². The van der Waals surface area contributed by atoms with Gasteiger partial charge in [0, 0.05) is 18.5 Å². The van der Waals surface area contributed by atoms with Crippen molar-refractivity contribution >= 4 is 27.8 Å². The van der Waals surface area contributed by atoms with Crippen LogP contribution in [-0.4, -0.2) is 24.0 Å². The van der Waals surface area contributed by atoms with Gasteiger partial charge < -0.3 is 10.1 Å². The lowest BCUT2D eigenvalue weighted by molar-refractivity contribution is 0.0525. The van der Waals surface area contributed by atoms with Gasteiger partial charge in [-0.2, -0.15) is 0 Å². The highest BCUT2D eigenvalue weighted by molar-refractivity contribution is 9.10. The normalized spacial score (nSPS) is 11.1. The Morgan fingerprint density at radius 2 is 2.00 bits per heavy atom. The monoisotopic (exact) mass is 359 g/mol. The molecule has 1 aromatic carbocycles. The van der Waals surface area contributed by atoms with Crippen LogP contribution in [0.15, 0.2) is 22.7 Å². The molecule has 0 unspecified atom stereocenters. The molecular formula is C15H19BrFNO3. The predicted octanol–water partition coefficient (Wildman–Crippen LogP) is 4.08. The van der Waals surface area contributed by atoms with Gasteiger partial charge in [-0.1, -0.05) is 6.07 Å². The van der Waals surface area contributed by atoms with Gasteiger partial charge in [-0.05, 0) is 55.3 Å². The average molecular weight is 360 g/mol. The third-order valence-electron chi connectivity index (χ3n) is 2.49. The molecular weight excluding hydrogens is 341 g/mol. The van der Waals surface area contributed by atoms with E-state index in [2.05, 4.69) is 21.2 Å². The van der Waals surface area contributed by atoms with Gasteiger partial charge in [0.1, 0.15) is 11.4 Å². The first-order valence-corrected chi connectivity index (χ1v) is 7.43. The molecule has 1 aromatic rings. The van der Waals surface area contributed by atoms with Crippen molar-refractivity contribution in [3.63, 3.8) is 0 Å². The van der Waals surface area contributed by atoms with E-state index in [0.29, 0.717) is 23.0 Å². The number of benzene rings is 1. The number of ketones is 1. The minimum absolute atomic E-state index is 0.160. The molecule has 0 spiro atoms. The Labute approximate surface area is 132 Å². The zero-order chi connectivity index (χ0) is 16.0. The van der Waals surface area contributed by atoms with Crippen LogP contribution in [0.2, 0.25) is 0 Å². The summed E-state index contributed by atoms with van der Waals surface area (Å²) < 4.78 is 18.7. The van der Waals surface area contributed by atoms with Crippen molar-refractivity contribution in [1.29, 1.82) is 0 Å². The van der Waals surface area contributed by atoms with Crippen LogP contribution in [0.1, 0.15) is 44.0 Å². The molecule has 21 heavy (non-hydrogen) atoms. The Kier molecular flexibility index (Phi) is 6.33. The molecule has 0 atom stereocenters. The van der Waals surface area contributed by atoms with E-state index >= 15 is 0 Å². The van der Waals surface area contributed by atoms with Gasteiger partial charge in [-0.15, -0.1) is 0 Å². The number of Topliss-reactive ketones (excluding diaryl/α,β-unsaturated/α-hetero) is 1. The topological polar surface area (TPSA) is 55.4 Å². The third-order valence-corrected chi connectivity index (χ3v) is 3.13. The second kappa shape index (κ2) is 7.54. The molecule has 0 aliphatic rings. The smallest absolute Gasteiger partial charge is 0.407 e. The molecule has 116 valence electrons. The van der Waals surface area contributed by atoms with Crippen molar-refractivity contribution in [2.24, 2.45) is 0 Å². The lowest BCUT2D eigenvalue weighted by Crippen LogP contribution is -2.33. The molecule has 0 bridgehead atoms. The molecule has 1 N–H and O–H groups in total. The van der Waals surface area contributed by atoms with Gasteiger partial charge >= 0.3 is 6.09 Å². The average Bonchev–Trinajstić information content (AvgIpc) is 2.35. The molecule has 0 radical (unpaired) electrons. The zero-order valence-corrected chi connectivity index (χ0v) is 13.9. The van der Waals surface area contributed by atoms with Crippen LogP contribution < -0.4 is 5.32 Å². The van der Waals surface area contributed by atoms with Crippen molar-refractivity contribution in [3.8, 4) is 0 Å². The molecule has 0 heterocycles. The third kappa shape index (κ3) is 6.71. The van der Waals surface area contributed by atoms with Gasteiger partial charge in [0.25, 0.3) is 0 Å². The Bertz CT molecular complexity index is 526. The van der Waals surface area contributed by atoms with E-state index in [1.807, 2.05) is 0 Å². The second-order valence-corrected chi connectivity index (χ2v) is 6.44. The highest BCUT2D eigenvalue weighted by Gasteiger charge is 2.15. The molecule has 6 heteroatoms. The fourth-order valence-electron chi connectivity index (χ4n) is 1.57. The summed E-state index contributed by atoms with van der Waals surface area (Å²) in [6.07, 6.45) is 0.191. The number of carbonyl (C=O) groups excluding carboxylic acids is 2. The van der Waals surface area contributed by atoms with Crippen LogP contribution in [0, 0.1) is 5.82 Å². The first-order valence-electron chi connectivity index (χ1n) is 6.64. The summed E-state index contributed by atoms with van der Waals surface area (Å²) in [6.45, 7) is 5.66. The van der Waals surface area contributed by atoms with Crippen LogP contribution in [-0.2, 0) is 4.74 Å². The van der Waals surface area contributed by atoms with Crippen LogP contribution in [0.5, 0.6) is 0 Å². The van der Waals surface area contributed by atoms with Crippen LogP contribution >= 0.6 is 15.9 Å². The van der Waals surface area contributed by atoms with Gasteiger partial charge in [0.05, 0.1) is 4.47 Å². The number of hydrogen-bond donors (Lipinski definition) is 1. The number of ether oxygens (including phenoxy) is 1. The summed E-state index contributed by atoms with van der Waals surface area (Å²) >= 11 is 3.03. The second-order valence-electron chi connectivity index (χ2n) is 5.58. The summed E-state index contributed by atoms with van der Waals surface area (Å²) in [4.78, 5) is 23.2. The minimum atomic E-state index is -0.547. The highest BCUT2D eigenvalue weighted by Crippen LogP contribution is 2.17. The SMILES string of the molecule is CC(C)(C)OC(=O)NCCCC(=O)c1ccc(Br)c(F)c1. The number of amides is 1. The van der Waals surface area contributed by atoms with Crippen LogP contribution in [0.4, 0.5) is 9.18 Å². The first kappa shape index (κ1) is 17.6. The molecule has 4 nitrogen and oxygen atoms in total. The molecule has 0 aromatic heterocycles. The van der Waals surface area contributed by atoms with E-state index in [1.165, 1.54) is 12.1 Å². The number of rotatable bonds is 5. The summed E-state index contributed by atoms with van der Waals surface area (Å²) in [5.41, 5.74) is -0.220. The maximum absolute atomic E-state index is 13.3. The fraction of sp³-hybridized carbons (Fsp3) is 0.467. The van der Waals surface area contributed by atoms with E-state index in [0.717, 1.165) is 0 Å². The lowest BCUT2D eigenvalue weighted by Gasteiger charge is -2.19. The predicted molar refractivity (Wildman–Crippen MR) is 81.9 cm³/mol. The van der Waals surface area contributed by atoms with Crippen LogP contribution in [0.3, 0.4) is 0 Å². The maximum atomic E-state index is 13.3. The van der Waals surface area contributed by atoms with Crippen molar-refractivity contribution < 1.29 is 18.7 Å². The van der Waals surface area contributed by atoms with E-state index < -0.39 is 17.5 Å². The van der Waals surface area contributed by atoms with Gasteiger partial charge in [0.2, 0.25) is 0 Å². The molecule has 0 aliphatic carbocycles. The Morgan fingerprint density at radius 1 is 1.33 bits per heavy atom. The van der Waals surface area contributed by atoms with Gasteiger partial charge in [-0.25, -0.2) is 9.18 Å². The first-order chi connectivity index (χ1) is 9.69. The van der Waals surface area contributed by atoms with E-state index in [4.69, 9.17) is 4.74 Å². The zero-order valence-electron chi connectivity index (χ0n) is 12.3. The molecule has 0 aliphatic heterocycles. The van der Waals surface area contributed by atoms with E-state index in [9.17, 15) is 14.0 Å². The van der Waals surface area contributed by atoms with Crippen molar-refractivity contribution in [3.05, 3.63) is 34.1 Å². The van der Waals surface area contributed by atoms with Gasteiger partial charge in [0.15, 0.2) is 5.78 Å². The fourth-order valence-corrected chi connectivity index (χ4v) is 1.81. The number of halogens is 2. The minimum Gasteiger partial charge on any atom is -0.444 e. The quantitative estimate of drug-likeness (QED) is 0.636. The largest absolute Gasteiger partial charge is 0.444 e. The van der Waals surface area contributed by atoms with Gasteiger partial charge in [-0.3, -0.25) is 4.79 Å². The Balaban J connectivity index is 2.34. The standard InChI is InChI=1S/C15H19BrFNO3/c1-15(2,3)21-14(20)18-8-4-5-13(19)10-6-7-11(16)12(17)9-10/h6-7,9H,4-5,8H2,1-3H3,(H,18,20). The number of nitrogens with one attached hydrogen (secondary N) is 1. The Morgan fingerprint density at radius 3 is 2.57 bits per heavy atom. The summed E-state index contributed by atoms with van der Waals surface area (Å²) in [7, 11) is 0. The maximum Gasteiger partial charge on any atom is 0.407 e. The number of alkyl carbamates (subject to hydrolysis) is 1. The van der Waals surface area contributed by atoms with E-state index in [1.54, 1.807) is 26.8 Å². The molecule has 0 saturated heterocycles. The number of hydrogen-bond acceptors (Lipinski definition) is 3. The molecule has 1 rings (SSSR count). The number of carbonyl (C=O) groups is 2. The van der Waals surface area contributed by atoms with Crippen molar-refractivity contribution in [1.82, 2.24) is 5.32 Å².